The van der Waals surface area contributed by atoms with Gasteiger partial charge >= 0.3 is 5.97 Å². The first kappa shape index (κ1) is 17.5. The van der Waals surface area contributed by atoms with Gasteiger partial charge in [0.25, 0.3) is 5.91 Å². The maximum absolute atomic E-state index is 12.0. The predicted molar refractivity (Wildman–Crippen MR) is 91.4 cm³/mol. The van der Waals surface area contributed by atoms with Gasteiger partial charge in [0.2, 0.25) is 0 Å². The van der Waals surface area contributed by atoms with Crippen LogP contribution in [0.2, 0.25) is 0 Å². The maximum atomic E-state index is 12.0. The van der Waals surface area contributed by atoms with Crippen LogP contribution in [0.3, 0.4) is 0 Å². The number of nitrogens with one attached hydrogen (secondary N) is 1. The lowest BCUT2D eigenvalue weighted by molar-refractivity contribution is -0.123. The second-order valence-electron chi connectivity index (χ2n) is 5.72. The number of hydrogen-bond donors (Lipinski definition) is 2. The largest absolute Gasteiger partial charge is 0.483 e. The van der Waals surface area contributed by atoms with Crippen LogP contribution in [0, 0.1) is 20.8 Å². The number of carboxylic acid groups (broad SMARTS) is 1. The van der Waals surface area contributed by atoms with Crippen LogP contribution >= 0.6 is 0 Å². The van der Waals surface area contributed by atoms with Crippen molar-refractivity contribution in [2.45, 2.75) is 27.3 Å². The van der Waals surface area contributed by atoms with Gasteiger partial charge in [-0.1, -0.05) is 24.3 Å². The maximum Gasteiger partial charge on any atom is 0.335 e. The van der Waals surface area contributed by atoms with E-state index in [-0.39, 0.29) is 24.6 Å². The van der Waals surface area contributed by atoms with Crippen LogP contribution in [-0.2, 0) is 11.3 Å². The van der Waals surface area contributed by atoms with E-state index in [0.717, 1.165) is 28.0 Å². The molecule has 5 heteroatoms. The summed E-state index contributed by atoms with van der Waals surface area (Å²) < 4.78 is 5.65. The van der Waals surface area contributed by atoms with E-state index in [1.165, 1.54) is 6.07 Å². The predicted octanol–water partition coefficient (Wildman–Crippen LogP) is 3.01. The SMILES string of the molecule is Cc1ccc(C)c(OCC(=O)NCc2cccc(C(=O)O)c2)c1C. The Bertz CT molecular complexity index is 768. The molecule has 2 aromatic carbocycles. The van der Waals surface area contributed by atoms with Crippen molar-refractivity contribution in [1.29, 1.82) is 0 Å². The van der Waals surface area contributed by atoms with Crippen molar-refractivity contribution in [3.63, 3.8) is 0 Å². The Morgan fingerprint density at radius 2 is 1.79 bits per heavy atom. The standard InChI is InChI=1S/C19H21NO4/c1-12-7-8-13(2)18(14(12)3)24-11-17(21)20-10-15-5-4-6-16(9-15)19(22)23/h4-9H,10-11H2,1-3H3,(H,20,21)(H,22,23). The molecule has 0 spiro atoms. The summed E-state index contributed by atoms with van der Waals surface area (Å²) in [6.45, 7) is 6.08. The number of aromatic carboxylic acids is 1. The molecule has 0 atom stereocenters. The van der Waals surface area contributed by atoms with Crippen LogP contribution in [0.1, 0.15) is 32.6 Å². The molecule has 0 unspecified atom stereocenters. The van der Waals surface area contributed by atoms with Crippen molar-refractivity contribution in [3.8, 4) is 5.75 Å². The molecule has 0 aliphatic rings. The van der Waals surface area contributed by atoms with Gasteiger partial charge in [0, 0.05) is 6.54 Å². The molecule has 0 aliphatic carbocycles. The third-order valence-corrected chi connectivity index (χ3v) is 3.88. The van der Waals surface area contributed by atoms with E-state index in [4.69, 9.17) is 9.84 Å². The zero-order valence-electron chi connectivity index (χ0n) is 14.1. The van der Waals surface area contributed by atoms with Crippen molar-refractivity contribution in [1.82, 2.24) is 5.32 Å². The Morgan fingerprint density at radius 1 is 1.08 bits per heavy atom. The van der Waals surface area contributed by atoms with E-state index >= 15 is 0 Å². The van der Waals surface area contributed by atoms with Crippen molar-refractivity contribution in [2.75, 3.05) is 6.61 Å². The Morgan fingerprint density at radius 3 is 2.50 bits per heavy atom. The summed E-state index contributed by atoms with van der Waals surface area (Å²) >= 11 is 0. The smallest absolute Gasteiger partial charge is 0.335 e. The molecule has 2 aromatic rings. The molecule has 5 nitrogen and oxygen atoms in total. The number of aryl methyl sites for hydroxylation is 2. The highest BCUT2D eigenvalue weighted by Crippen LogP contribution is 2.25. The molecule has 2 N–H and O–H groups in total. The highest BCUT2D eigenvalue weighted by Gasteiger charge is 2.09. The van der Waals surface area contributed by atoms with Gasteiger partial charge in [0.1, 0.15) is 5.75 Å². The molecule has 0 radical (unpaired) electrons. The van der Waals surface area contributed by atoms with E-state index in [9.17, 15) is 9.59 Å². The molecule has 0 aromatic heterocycles. The highest BCUT2D eigenvalue weighted by atomic mass is 16.5. The quantitative estimate of drug-likeness (QED) is 0.855. The normalized spacial score (nSPS) is 10.3. The number of carbonyl (C=O) groups excluding carboxylic acids is 1. The lowest BCUT2D eigenvalue weighted by Crippen LogP contribution is -2.28. The van der Waals surface area contributed by atoms with Gasteiger partial charge in [-0.3, -0.25) is 4.79 Å². The summed E-state index contributed by atoms with van der Waals surface area (Å²) in [6.07, 6.45) is 0. The molecule has 126 valence electrons. The van der Waals surface area contributed by atoms with Gasteiger partial charge in [-0.25, -0.2) is 4.79 Å². The second kappa shape index (κ2) is 7.64. The number of amides is 1. The minimum atomic E-state index is -0.989. The monoisotopic (exact) mass is 327 g/mol. The van der Waals surface area contributed by atoms with E-state index in [0.29, 0.717) is 0 Å². The topological polar surface area (TPSA) is 75.6 Å². The first-order valence-electron chi connectivity index (χ1n) is 7.67. The number of ether oxygens (including phenoxy) is 1. The van der Waals surface area contributed by atoms with Crippen LogP contribution in [0.15, 0.2) is 36.4 Å². The third-order valence-electron chi connectivity index (χ3n) is 3.88. The van der Waals surface area contributed by atoms with Crippen molar-refractivity contribution < 1.29 is 19.4 Å². The average Bonchev–Trinajstić information content (AvgIpc) is 2.56. The fourth-order valence-corrected chi connectivity index (χ4v) is 2.35. The van der Waals surface area contributed by atoms with Gasteiger partial charge in [0.15, 0.2) is 6.61 Å². The average molecular weight is 327 g/mol. The molecule has 0 saturated heterocycles. The molecule has 0 bridgehead atoms. The summed E-state index contributed by atoms with van der Waals surface area (Å²) in [4.78, 5) is 22.9. The Hall–Kier alpha value is -2.82. The third kappa shape index (κ3) is 4.35. The van der Waals surface area contributed by atoms with E-state index in [1.807, 2.05) is 32.9 Å². The minimum Gasteiger partial charge on any atom is -0.483 e. The van der Waals surface area contributed by atoms with Crippen LogP contribution < -0.4 is 10.1 Å². The lowest BCUT2D eigenvalue weighted by atomic mass is 10.1. The Labute approximate surface area is 141 Å². The second-order valence-corrected chi connectivity index (χ2v) is 5.72. The number of carboxylic acids is 1. The molecule has 0 saturated carbocycles. The van der Waals surface area contributed by atoms with Crippen LogP contribution in [0.4, 0.5) is 0 Å². The number of rotatable bonds is 6. The number of benzene rings is 2. The summed E-state index contributed by atoms with van der Waals surface area (Å²) in [7, 11) is 0. The molecule has 0 aliphatic heterocycles. The minimum absolute atomic E-state index is 0.0796. The van der Waals surface area contributed by atoms with E-state index < -0.39 is 5.97 Å². The van der Waals surface area contributed by atoms with Crippen LogP contribution in [0.5, 0.6) is 5.75 Å². The van der Waals surface area contributed by atoms with Gasteiger partial charge in [-0.15, -0.1) is 0 Å². The lowest BCUT2D eigenvalue weighted by Gasteiger charge is -2.14. The number of hydrogen-bond acceptors (Lipinski definition) is 3. The summed E-state index contributed by atoms with van der Waals surface area (Å²) in [5.41, 5.74) is 4.05. The van der Waals surface area contributed by atoms with E-state index in [2.05, 4.69) is 5.32 Å². The zero-order valence-corrected chi connectivity index (χ0v) is 14.1. The van der Waals surface area contributed by atoms with E-state index in [1.54, 1.807) is 18.2 Å². The molecule has 2 rings (SSSR count). The first-order chi connectivity index (χ1) is 11.4. The fraction of sp³-hybridized carbons (Fsp3) is 0.263. The summed E-state index contributed by atoms with van der Waals surface area (Å²) in [5.74, 6) is -0.508. The van der Waals surface area contributed by atoms with Gasteiger partial charge in [-0.05, 0) is 55.2 Å². The Kier molecular flexibility index (Phi) is 5.58. The van der Waals surface area contributed by atoms with Crippen LogP contribution in [-0.4, -0.2) is 23.6 Å². The fourth-order valence-electron chi connectivity index (χ4n) is 2.35. The van der Waals surface area contributed by atoms with Crippen molar-refractivity contribution >= 4 is 11.9 Å². The van der Waals surface area contributed by atoms with Gasteiger partial charge in [0.05, 0.1) is 5.56 Å². The number of carbonyl (C=O) groups is 2. The molecular weight excluding hydrogens is 306 g/mol. The van der Waals surface area contributed by atoms with Gasteiger partial charge in [-0.2, -0.15) is 0 Å². The summed E-state index contributed by atoms with van der Waals surface area (Å²) in [6, 6.07) is 10.5. The molecule has 0 heterocycles. The van der Waals surface area contributed by atoms with Crippen molar-refractivity contribution in [2.24, 2.45) is 0 Å². The van der Waals surface area contributed by atoms with Crippen molar-refractivity contribution in [3.05, 3.63) is 64.2 Å². The molecule has 1 amide bonds. The zero-order chi connectivity index (χ0) is 17.7. The molecular formula is C19H21NO4. The summed E-state index contributed by atoms with van der Waals surface area (Å²) in [5, 5.41) is 11.7. The van der Waals surface area contributed by atoms with Crippen LogP contribution in [0.25, 0.3) is 0 Å². The Balaban J connectivity index is 1.92. The molecule has 24 heavy (non-hydrogen) atoms. The van der Waals surface area contributed by atoms with Gasteiger partial charge < -0.3 is 15.2 Å². The highest BCUT2D eigenvalue weighted by molar-refractivity contribution is 5.87. The molecule has 0 fully saturated rings. The first-order valence-corrected chi connectivity index (χ1v) is 7.67.